The maximum atomic E-state index is 12.4. The number of unbranched alkanes of at least 4 members (excludes halogenated alkanes) is 1. The Bertz CT molecular complexity index is 512. The van der Waals surface area contributed by atoms with Crippen molar-refractivity contribution in [3.05, 3.63) is 35.9 Å². The van der Waals surface area contributed by atoms with Crippen LogP contribution in [0.4, 0.5) is 0 Å². The largest absolute Gasteiger partial charge is 0.382 e. The highest BCUT2D eigenvalue weighted by atomic mass is 127. The number of rotatable bonds is 11. The van der Waals surface area contributed by atoms with E-state index in [1.807, 2.05) is 49.1 Å². The second-order valence-electron chi connectivity index (χ2n) is 5.65. The van der Waals surface area contributed by atoms with Crippen molar-refractivity contribution >= 4 is 35.8 Å². The number of benzene rings is 1. The van der Waals surface area contributed by atoms with E-state index < -0.39 is 0 Å². The molecule has 0 aromatic heterocycles. The lowest BCUT2D eigenvalue weighted by Crippen LogP contribution is -2.44. The number of carbonyl (C=O) groups excluding carboxylic acids is 1. The van der Waals surface area contributed by atoms with Gasteiger partial charge in [-0.25, -0.2) is 0 Å². The van der Waals surface area contributed by atoms with E-state index in [0.29, 0.717) is 19.0 Å². The number of ether oxygens (including phenoxy) is 1. The summed E-state index contributed by atoms with van der Waals surface area (Å²) < 4.78 is 5.31. The van der Waals surface area contributed by atoms with Crippen molar-refractivity contribution < 1.29 is 9.53 Å². The minimum atomic E-state index is 0. The number of nitrogens with one attached hydrogen (secondary N) is 2. The van der Waals surface area contributed by atoms with Crippen molar-refractivity contribution in [1.82, 2.24) is 15.5 Å². The minimum absolute atomic E-state index is 0. The fourth-order valence-electron chi connectivity index (χ4n) is 2.35. The quantitative estimate of drug-likeness (QED) is 0.223. The number of amides is 1. The van der Waals surface area contributed by atoms with Gasteiger partial charge in [0.05, 0.1) is 6.54 Å². The SMILES string of the molecule is CCOCCCCNC(=NC)NCC(=O)N(CC)Cc1ccccc1.I. The third kappa shape index (κ3) is 10.6. The van der Waals surface area contributed by atoms with Crippen LogP contribution in [-0.2, 0) is 16.1 Å². The molecule has 0 bridgehead atoms. The van der Waals surface area contributed by atoms with Gasteiger partial charge < -0.3 is 20.3 Å². The van der Waals surface area contributed by atoms with E-state index >= 15 is 0 Å². The number of guanidine groups is 1. The van der Waals surface area contributed by atoms with Gasteiger partial charge in [-0.3, -0.25) is 9.79 Å². The van der Waals surface area contributed by atoms with Gasteiger partial charge >= 0.3 is 0 Å². The number of hydrogen-bond acceptors (Lipinski definition) is 3. The molecule has 0 saturated heterocycles. The molecular weight excluding hydrogens is 443 g/mol. The molecule has 0 aliphatic carbocycles. The molecule has 0 saturated carbocycles. The third-order valence-corrected chi connectivity index (χ3v) is 3.79. The van der Waals surface area contributed by atoms with Gasteiger partial charge in [-0.2, -0.15) is 0 Å². The first-order valence-electron chi connectivity index (χ1n) is 9.05. The predicted molar refractivity (Wildman–Crippen MR) is 118 cm³/mol. The minimum Gasteiger partial charge on any atom is -0.382 e. The van der Waals surface area contributed by atoms with Gasteiger partial charge in [0.15, 0.2) is 5.96 Å². The highest BCUT2D eigenvalue weighted by molar-refractivity contribution is 14.0. The maximum absolute atomic E-state index is 12.4. The Balaban J connectivity index is 0.00000625. The van der Waals surface area contributed by atoms with Gasteiger partial charge in [-0.05, 0) is 32.3 Å². The summed E-state index contributed by atoms with van der Waals surface area (Å²) in [6.45, 7) is 7.88. The van der Waals surface area contributed by atoms with Crippen LogP contribution in [0.15, 0.2) is 35.3 Å². The van der Waals surface area contributed by atoms with E-state index in [-0.39, 0.29) is 36.4 Å². The second-order valence-corrected chi connectivity index (χ2v) is 5.65. The topological polar surface area (TPSA) is 66.0 Å². The molecule has 0 radical (unpaired) electrons. The van der Waals surface area contributed by atoms with Gasteiger partial charge in [-0.1, -0.05) is 30.3 Å². The van der Waals surface area contributed by atoms with Crippen LogP contribution < -0.4 is 10.6 Å². The Kier molecular flexibility index (Phi) is 15.0. The summed E-state index contributed by atoms with van der Waals surface area (Å²) >= 11 is 0. The predicted octanol–water partition coefficient (Wildman–Crippen LogP) is 2.63. The zero-order chi connectivity index (χ0) is 18.3. The molecule has 0 spiro atoms. The van der Waals surface area contributed by atoms with Crippen LogP contribution in [0.3, 0.4) is 0 Å². The summed E-state index contributed by atoms with van der Waals surface area (Å²) in [6.07, 6.45) is 2.02. The number of halogens is 1. The normalized spacial score (nSPS) is 10.8. The third-order valence-electron chi connectivity index (χ3n) is 3.79. The first kappa shape index (κ1) is 24.7. The molecule has 1 amide bonds. The Morgan fingerprint density at radius 2 is 1.88 bits per heavy atom. The monoisotopic (exact) mass is 476 g/mol. The molecule has 7 heteroatoms. The summed E-state index contributed by atoms with van der Waals surface area (Å²) in [7, 11) is 1.71. The zero-order valence-corrected chi connectivity index (χ0v) is 18.5. The number of carbonyl (C=O) groups is 1. The molecule has 1 aromatic carbocycles. The molecule has 0 heterocycles. The summed E-state index contributed by atoms with van der Waals surface area (Å²) in [5, 5.41) is 6.31. The first-order valence-corrected chi connectivity index (χ1v) is 9.05. The van der Waals surface area contributed by atoms with Gasteiger partial charge in [-0.15, -0.1) is 24.0 Å². The highest BCUT2D eigenvalue weighted by Crippen LogP contribution is 2.04. The van der Waals surface area contributed by atoms with Gasteiger partial charge in [0.1, 0.15) is 0 Å². The fourth-order valence-corrected chi connectivity index (χ4v) is 2.35. The maximum Gasteiger partial charge on any atom is 0.242 e. The van der Waals surface area contributed by atoms with Crippen molar-refractivity contribution in [1.29, 1.82) is 0 Å². The Hall–Kier alpha value is -1.35. The van der Waals surface area contributed by atoms with E-state index in [1.54, 1.807) is 7.05 Å². The lowest BCUT2D eigenvalue weighted by Gasteiger charge is -2.22. The summed E-state index contributed by atoms with van der Waals surface area (Å²) in [6, 6.07) is 10.0. The van der Waals surface area contributed by atoms with Gasteiger partial charge in [0, 0.05) is 39.9 Å². The average Bonchev–Trinajstić information content (AvgIpc) is 2.65. The first-order chi connectivity index (χ1) is 12.2. The molecule has 0 aliphatic heterocycles. The van der Waals surface area contributed by atoms with Crippen LogP contribution in [0, 0.1) is 0 Å². The van der Waals surface area contributed by atoms with Crippen molar-refractivity contribution in [3.63, 3.8) is 0 Å². The lowest BCUT2D eigenvalue weighted by molar-refractivity contribution is -0.130. The van der Waals surface area contributed by atoms with Crippen LogP contribution in [0.2, 0.25) is 0 Å². The molecule has 26 heavy (non-hydrogen) atoms. The van der Waals surface area contributed by atoms with E-state index in [4.69, 9.17) is 4.74 Å². The Morgan fingerprint density at radius 1 is 1.15 bits per heavy atom. The number of likely N-dealkylation sites (N-methyl/N-ethyl adjacent to an activating group) is 1. The van der Waals surface area contributed by atoms with E-state index in [2.05, 4.69) is 15.6 Å². The summed E-state index contributed by atoms with van der Waals surface area (Å²) in [5.74, 6) is 0.714. The molecular formula is C19H33IN4O2. The van der Waals surface area contributed by atoms with E-state index in [9.17, 15) is 4.79 Å². The van der Waals surface area contributed by atoms with Crippen LogP contribution in [0.1, 0.15) is 32.3 Å². The van der Waals surface area contributed by atoms with Crippen molar-refractivity contribution in [2.45, 2.75) is 33.2 Å². The fraction of sp³-hybridized carbons (Fsp3) is 0.579. The molecule has 2 N–H and O–H groups in total. The van der Waals surface area contributed by atoms with Gasteiger partial charge in [0.2, 0.25) is 5.91 Å². The van der Waals surface area contributed by atoms with Crippen molar-refractivity contribution in [2.75, 3.05) is 39.9 Å². The van der Waals surface area contributed by atoms with Crippen molar-refractivity contribution in [2.24, 2.45) is 4.99 Å². The van der Waals surface area contributed by atoms with Gasteiger partial charge in [0.25, 0.3) is 0 Å². The van der Waals surface area contributed by atoms with Crippen molar-refractivity contribution in [3.8, 4) is 0 Å². The Morgan fingerprint density at radius 3 is 2.50 bits per heavy atom. The lowest BCUT2D eigenvalue weighted by atomic mass is 10.2. The summed E-state index contributed by atoms with van der Waals surface area (Å²) in [4.78, 5) is 18.4. The van der Waals surface area contributed by atoms with Crippen LogP contribution in [-0.4, -0.2) is 56.7 Å². The molecule has 6 nitrogen and oxygen atoms in total. The smallest absolute Gasteiger partial charge is 0.242 e. The van der Waals surface area contributed by atoms with E-state index in [1.165, 1.54) is 0 Å². The van der Waals surface area contributed by atoms with E-state index in [0.717, 1.165) is 38.2 Å². The second kappa shape index (κ2) is 15.9. The van der Waals surface area contributed by atoms with Crippen LogP contribution in [0.5, 0.6) is 0 Å². The molecule has 1 aromatic rings. The molecule has 1 rings (SSSR count). The standard InChI is InChI=1S/C19H32N4O2.HI/c1-4-23(16-17-11-7-6-8-12-17)18(24)15-22-19(20-3)21-13-9-10-14-25-5-2;/h6-8,11-12H,4-5,9-10,13-16H2,1-3H3,(H2,20,21,22);1H. The number of nitrogens with zero attached hydrogens (tertiary/aromatic N) is 2. The zero-order valence-electron chi connectivity index (χ0n) is 16.2. The number of aliphatic imine (C=N–C) groups is 1. The Labute approximate surface area is 174 Å². The molecule has 0 atom stereocenters. The molecule has 0 aliphatic rings. The molecule has 148 valence electrons. The average molecular weight is 476 g/mol. The van der Waals surface area contributed by atoms with Crippen LogP contribution >= 0.6 is 24.0 Å². The number of hydrogen-bond donors (Lipinski definition) is 2. The molecule has 0 fully saturated rings. The van der Waals surface area contributed by atoms with Crippen LogP contribution in [0.25, 0.3) is 0 Å². The molecule has 0 unspecified atom stereocenters. The summed E-state index contributed by atoms with van der Waals surface area (Å²) in [5.41, 5.74) is 1.13. The highest BCUT2D eigenvalue weighted by Gasteiger charge is 2.12.